The van der Waals surface area contributed by atoms with Crippen LogP contribution in [0.2, 0.25) is 60.3 Å². The average Bonchev–Trinajstić information content (AvgIpc) is 0.801. The predicted octanol–water partition coefficient (Wildman–Crippen LogP) is 27.6. The Morgan fingerprint density at radius 3 is 1.05 bits per heavy atom. The van der Waals surface area contributed by atoms with Crippen LogP contribution in [0.5, 0.6) is 0 Å². The van der Waals surface area contributed by atoms with Crippen molar-refractivity contribution in [1.82, 2.24) is 19.6 Å². The number of rotatable bonds is 17. The molecule has 23 heteroatoms. The summed E-state index contributed by atoms with van der Waals surface area (Å²) in [5.74, 6) is 0. The summed E-state index contributed by atoms with van der Waals surface area (Å²) in [5, 5.41) is 26.7. The summed E-state index contributed by atoms with van der Waals surface area (Å²) in [6.45, 7) is 20.8. The molecule has 0 bridgehead atoms. The Labute approximate surface area is 764 Å². The summed E-state index contributed by atoms with van der Waals surface area (Å²) in [6.07, 6.45) is 4.42. The van der Waals surface area contributed by atoms with Gasteiger partial charge in [0.1, 0.15) is 0 Å². The van der Waals surface area contributed by atoms with Crippen molar-refractivity contribution < 1.29 is 0 Å². The third kappa shape index (κ3) is 24.2. The van der Waals surface area contributed by atoms with E-state index in [0.717, 1.165) is 159 Å². The lowest BCUT2D eigenvalue weighted by Gasteiger charge is -2.43. The molecule has 4 saturated heterocycles. The summed E-state index contributed by atoms with van der Waals surface area (Å²) in [6, 6.07) is 93.6. The van der Waals surface area contributed by atoms with E-state index in [1.54, 1.807) is 18.2 Å². The Morgan fingerprint density at radius 2 is 0.675 bits per heavy atom. The molecule has 4 fully saturated rings. The fourth-order valence-electron chi connectivity index (χ4n) is 15.7. The van der Waals surface area contributed by atoms with E-state index in [1.165, 1.54) is 33.4 Å². The van der Waals surface area contributed by atoms with Gasteiger partial charge in [0.25, 0.3) is 0 Å². The predicted molar refractivity (Wildman–Crippen MR) is 505 cm³/mol. The molecule has 0 amide bonds. The topological polar surface area (TPSA) is 77.9 Å². The van der Waals surface area contributed by atoms with Crippen LogP contribution in [0.15, 0.2) is 279 Å². The van der Waals surface area contributed by atoms with Crippen molar-refractivity contribution in [1.29, 1.82) is 10.5 Å². The fraction of sp³-hybridized carbons (Fsp3) is 0.206. The van der Waals surface area contributed by atoms with Crippen molar-refractivity contribution in [2.75, 3.05) is 105 Å². The van der Waals surface area contributed by atoms with Crippen LogP contribution in [0.3, 0.4) is 0 Å². The van der Waals surface area contributed by atoms with Crippen LogP contribution >= 0.6 is 139 Å². The zero-order valence-corrected chi connectivity index (χ0v) is 74.3. The minimum absolute atomic E-state index is 0.101. The second-order valence-electron chi connectivity index (χ2n) is 29.6. The van der Waals surface area contributed by atoms with Crippen LogP contribution in [0.4, 0.5) is 28.4 Å². The molecule has 0 aromatic heterocycles. The molecule has 0 radical (unpaired) electrons. The Hall–Kier alpha value is -8.63. The molecule has 0 aliphatic carbocycles. The summed E-state index contributed by atoms with van der Waals surface area (Å²) in [5.41, 5.74) is 15.4. The van der Waals surface area contributed by atoms with Gasteiger partial charge in [0.2, 0.25) is 0 Å². The first-order valence-electron chi connectivity index (χ1n) is 39.1. The molecule has 4 heterocycles. The minimum atomic E-state index is 0.101. The number of anilines is 4. The van der Waals surface area contributed by atoms with E-state index in [4.69, 9.17) is 146 Å². The number of nitriles is 2. The Kier molecular flexibility index (Phi) is 32.3. The Bertz CT molecular complexity index is 5590. The van der Waals surface area contributed by atoms with Crippen molar-refractivity contribution in [3.8, 4) is 12.1 Å². The summed E-state index contributed by atoms with van der Waals surface area (Å²) >= 11 is 75.2. The molecule has 4 aliphatic rings. The van der Waals surface area contributed by atoms with Crippen molar-refractivity contribution >= 4 is 174 Å². The van der Waals surface area contributed by atoms with Gasteiger partial charge in [0.15, 0.2) is 5.69 Å². The average molecular weight is 1830 g/mol. The quantitative estimate of drug-likeness (QED) is 0.0823. The Morgan fingerprint density at radius 1 is 0.325 bits per heavy atom. The van der Waals surface area contributed by atoms with E-state index in [-0.39, 0.29) is 24.2 Å². The van der Waals surface area contributed by atoms with Gasteiger partial charge >= 0.3 is 0 Å². The van der Waals surface area contributed by atoms with Gasteiger partial charge in [-0.25, -0.2) is 4.85 Å². The summed E-state index contributed by atoms with van der Waals surface area (Å²) in [4.78, 5) is 22.6. The van der Waals surface area contributed by atoms with Gasteiger partial charge in [-0.05, 0) is 184 Å². The molecule has 16 rings (SSSR count). The van der Waals surface area contributed by atoms with Gasteiger partial charge in [-0.2, -0.15) is 10.5 Å². The molecule has 0 spiro atoms. The molecule has 0 N–H and O–H groups in total. The molecule has 11 nitrogen and oxygen atoms in total. The number of halogens is 12. The van der Waals surface area contributed by atoms with Gasteiger partial charge in [-0.1, -0.05) is 285 Å². The number of hydrogen-bond donors (Lipinski definition) is 0. The second kappa shape index (κ2) is 43.4. The maximum Gasteiger partial charge on any atom is 0.187 e. The van der Waals surface area contributed by atoms with Gasteiger partial charge in [0, 0.05) is 145 Å². The molecule has 12 aromatic rings. The minimum Gasteiger partial charge on any atom is -0.361 e. The smallest absolute Gasteiger partial charge is 0.187 e. The number of benzene rings is 12. The highest BCUT2D eigenvalue weighted by Crippen LogP contribution is 2.43. The van der Waals surface area contributed by atoms with Crippen LogP contribution in [0.25, 0.3) is 10.9 Å². The molecule has 610 valence electrons. The van der Waals surface area contributed by atoms with Crippen LogP contribution in [0.1, 0.15) is 79.8 Å². The van der Waals surface area contributed by atoms with Gasteiger partial charge in [0.05, 0.1) is 96.8 Å². The zero-order chi connectivity index (χ0) is 84.2. The van der Waals surface area contributed by atoms with Crippen LogP contribution < -0.4 is 19.6 Å². The Balaban J connectivity index is 0.000000138. The molecule has 4 unspecified atom stereocenters. The van der Waals surface area contributed by atoms with Crippen molar-refractivity contribution in [2.24, 2.45) is 0 Å². The van der Waals surface area contributed by atoms with Crippen LogP contribution in [-0.2, 0) is 19.6 Å². The second-order valence-corrected chi connectivity index (χ2v) is 34.7. The normalized spacial score (nSPS) is 17.1. The van der Waals surface area contributed by atoms with E-state index in [0.29, 0.717) is 56.5 Å². The first kappa shape index (κ1) is 89.1. The van der Waals surface area contributed by atoms with E-state index < -0.39 is 0 Å². The third-order valence-corrected chi connectivity index (χ3v) is 24.9. The maximum absolute atomic E-state index is 9.43. The van der Waals surface area contributed by atoms with E-state index in [1.807, 2.05) is 176 Å². The van der Waals surface area contributed by atoms with Gasteiger partial charge in [-0.15, -0.1) is 0 Å². The van der Waals surface area contributed by atoms with Gasteiger partial charge in [-0.3, -0.25) is 19.6 Å². The van der Waals surface area contributed by atoms with Gasteiger partial charge < -0.3 is 19.6 Å². The zero-order valence-electron chi connectivity index (χ0n) is 65.2. The van der Waals surface area contributed by atoms with Crippen molar-refractivity contribution in [3.05, 3.63) is 406 Å². The standard InChI is InChI=1S/C25H23Cl3N2.3C24H20Cl3N3/c26-21-10-8-20(9-11-21)25-18-29(14-4-7-19-5-2-1-3-6-19)15-16-30(25)24-13-12-22(27)17-23(24)28;1-28-21-9-2-17(3-10-21)15-29-12-13-30(23-11-8-20(26)14-22(23)27)24(16-29)18-4-6-19(25)7-5-18;25-20-6-4-19(5-7-20)24-16-29(15-18-3-1-2-17(12-18)14-28)10-11-30(24)23-9-8-21(26)13-22(23)27;25-20-7-5-17(6-8-20)24-16-29(15-19-4-2-1-3-18(19)14-28)11-12-30(24)23-10-9-21(26)13-22(23)27/h1-13,17,25H,14-16,18H2;2-11,14,24H,12-13,15-16H2;1-9,12-13,24H,10-11,15-16H2;1-10,13,24H,11-12,15-16H2/b7-4+;;;. The number of nitrogens with zero attached hydrogens (tertiary/aromatic N) is 11. The summed E-state index contributed by atoms with van der Waals surface area (Å²) < 4.78 is 0. The van der Waals surface area contributed by atoms with E-state index >= 15 is 0 Å². The summed E-state index contributed by atoms with van der Waals surface area (Å²) in [7, 11) is 0. The van der Waals surface area contributed by atoms with Crippen LogP contribution in [0, 0.1) is 29.2 Å². The molecule has 12 aromatic carbocycles. The van der Waals surface area contributed by atoms with E-state index in [2.05, 4.69) is 147 Å². The SMILES string of the molecule is Clc1ccc(C2CN(C/C=C/c3ccccc3)CCN2c2ccc(Cl)cc2Cl)cc1.N#Cc1cccc(CN2CCN(c3ccc(Cl)cc3Cl)C(c3ccc(Cl)cc3)C2)c1.N#Cc1ccccc1CN1CCN(c2ccc(Cl)cc2Cl)C(c2ccc(Cl)cc2)C1.[C-]#[N+]c1ccc(CN2CCN(c3ccc(Cl)cc3Cl)C(c3ccc(Cl)cc3)C2)cc1. The van der Waals surface area contributed by atoms with E-state index in [9.17, 15) is 10.5 Å². The van der Waals surface area contributed by atoms with Crippen molar-refractivity contribution in [3.63, 3.8) is 0 Å². The maximum atomic E-state index is 9.43. The lowest BCUT2D eigenvalue weighted by Crippen LogP contribution is -2.48. The molecule has 4 aliphatic heterocycles. The number of piperazine rings is 4. The molecule has 0 saturated carbocycles. The molecule has 4 atom stereocenters. The first-order chi connectivity index (χ1) is 58.2. The first-order valence-corrected chi connectivity index (χ1v) is 43.7. The highest BCUT2D eigenvalue weighted by atomic mass is 35.5. The third-order valence-electron chi connectivity index (χ3n) is 21.7. The molecular formula is C97H83Cl12N11. The number of hydrogen-bond acceptors (Lipinski definition) is 10. The lowest BCUT2D eigenvalue weighted by molar-refractivity contribution is 0.215. The molecule has 120 heavy (non-hydrogen) atoms. The lowest BCUT2D eigenvalue weighted by atomic mass is 10.00. The largest absolute Gasteiger partial charge is 0.361 e. The fourth-order valence-corrected chi connectivity index (χ4v) is 18.3. The monoisotopic (exact) mass is 1820 g/mol. The highest BCUT2D eigenvalue weighted by Gasteiger charge is 2.35. The molecular weight excluding hydrogens is 1740 g/mol. The van der Waals surface area contributed by atoms with Crippen molar-refractivity contribution in [2.45, 2.75) is 43.8 Å². The van der Waals surface area contributed by atoms with Crippen LogP contribution in [-0.4, -0.2) is 105 Å². The highest BCUT2D eigenvalue weighted by molar-refractivity contribution is 6.38.